The zero-order valence-corrected chi connectivity index (χ0v) is 14.4. The van der Waals surface area contributed by atoms with Crippen molar-refractivity contribution in [3.05, 3.63) is 58.3 Å². The van der Waals surface area contributed by atoms with Crippen LogP contribution in [0.5, 0.6) is 0 Å². The number of hydrogen-bond donors (Lipinski definition) is 0. The number of nitrogens with zero attached hydrogens (tertiary/aromatic N) is 4. The minimum Gasteiger partial charge on any atom is -0.376 e. The predicted molar refractivity (Wildman–Crippen MR) is 93.2 cm³/mol. The number of carbonyl (C=O) groups excluding carboxylic acids is 1. The highest BCUT2D eigenvalue weighted by Gasteiger charge is 2.29. The maximum absolute atomic E-state index is 13.9. The summed E-state index contributed by atoms with van der Waals surface area (Å²) in [5, 5.41) is 4.06. The van der Waals surface area contributed by atoms with Crippen LogP contribution in [0.15, 0.2) is 41.3 Å². The number of benzene rings is 1. The number of anilines is 1. The van der Waals surface area contributed by atoms with Crippen molar-refractivity contribution in [3.63, 3.8) is 0 Å². The zero-order valence-electron chi connectivity index (χ0n) is 14.4. The van der Waals surface area contributed by atoms with Crippen LogP contribution in [0.25, 0.3) is 0 Å². The van der Waals surface area contributed by atoms with Crippen molar-refractivity contribution >= 4 is 11.6 Å². The number of aromatic nitrogens is 2. The van der Waals surface area contributed by atoms with Gasteiger partial charge in [-0.15, -0.1) is 0 Å². The van der Waals surface area contributed by atoms with Gasteiger partial charge in [0.05, 0.1) is 11.9 Å². The minimum atomic E-state index is -0.315. The first-order chi connectivity index (χ1) is 12.0. The Kier molecular flexibility index (Phi) is 4.83. The van der Waals surface area contributed by atoms with Crippen LogP contribution >= 0.6 is 0 Å². The van der Waals surface area contributed by atoms with Crippen LogP contribution in [0.4, 0.5) is 10.1 Å². The average Bonchev–Trinajstić information content (AvgIpc) is 3.07. The Balaban J connectivity index is 1.67. The topological polar surface area (TPSA) is 58.4 Å². The number of rotatable bonds is 4. The summed E-state index contributed by atoms with van der Waals surface area (Å²) in [4.78, 5) is 28.0. The molecule has 0 aliphatic carbocycles. The van der Waals surface area contributed by atoms with Crippen LogP contribution in [0.1, 0.15) is 17.9 Å². The summed E-state index contributed by atoms with van der Waals surface area (Å²) in [6.45, 7) is 0.920. The van der Waals surface area contributed by atoms with Crippen LogP contribution < -0.4 is 10.5 Å². The number of hydrogen-bond acceptors (Lipinski definition) is 4. The van der Waals surface area contributed by atoms with Gasteiger partial charge in [0, 0.05) is 39.2 Å². The van der Waals surface area contributed by atoms with E-state index in [1.165, 1.54) is 12.1 Å². The van der Waals surface area contributed by atoms with Crippen molar-refractivity contribution in [1.82, 2.24) is 14.7 Å². The van der Waals surface area contributed by atoms with Gasteiger partial charge in [-0.2, -0.15) is 5.10 Å². The molecule has 1 aliphatic rings. The summed E-state index contributed by atoms with van der Waals surface area (Å²) in [5.41, 5.74) is 1.02. The third-order valence-corrected chi connectivity index (χ3v) is 4.54. The molecule has 1 atom stereocenters. The Labute approximate surface area is 145 Å². The first-order valence-corrected chi connectivity index (χ1v) is 8.22. The largest absolute Gasteiger partial charge is 0.376 e. The number of halogens is 1. The molecule has 0 spiro atoms. The first-order valence-electron chi connectivity index (χ1n) is 8.22. The molecule has 0 bridgehead atoms. The van der Waals surface area contributed by atoms with Gasteiger partial charge in [-0.25, -0.2) is 9.07 Å². The molecule has 2 aromatic rings. The van der Waals surface area contributed by atoms with Crippen molar-refractivity contribution in [1.29, 1.82) is 0 Å². The monoisotopic (exact) mass is 344 g/mol. The third-order valence-electron chi connectivity index (χ3n) is 4.54. The lowest BCUT2D eigenvalue weighted by Gasteiger charge is -2.18. The molecular formula is C18H21FN4O2. The van der Waals surface area contributed by atoms with Gasteiger partial charge in [-0.05, 0) is 18.1 Å². The molecule has 1 aromatic heterocycles. The smallest absolute Gasteiger partial charge is 0.269 e. The molecule has 2 heterocycles. The summed E-state index contributed by atoms with van der Waals surface area (Å²) in [5.74, 6) is -0.420. The van der Waals surface area contributed by atoms with E-state index in [9.17, 15) is 14.0 Å². The fraction of sp³-hybridized carbons (Fsp3) is 0.389. The van der Waals surface area contributed by atoms with Gasteiger partial charge >= 0.3 is 0 Å². The standard InChI is InChI=1S/C18H21FN4O2/c1-21(2)14-9-17(24)23(20-10-14)12-18(25)22-8-7-13(11-22)15-5-3-4-6-16(15)19/h3-6,9-10,13H,7-8,11-12H2,1-2H3. The highest BCUT2D eigenvalue weighted by molar-refractivity contribution is 5.76. The van der Waals surface area contributed by atoms with Gasteiger partial charge in [0.2, 0.25) is 5.91 Å². The summed E-state index contributed by atoms with van der Waals surface area (Å²) in [6.07, 6.45) is 2.27. The molecule has 0 N–H and O–H groups in total. The molecule has 0 saturated carbocycles. The molecule has 1 fully saturated rings. The summed E-state index contributed by atoms with van der Waals surface area (Å²) < 4.78 is 15.1. The van der Waals surface area contributed by atoms with Crippen LogP contribution in [-0.2, 0) is 11.3 Å². The molecule has 25 heavy (non-hydrogen) atoms. The maximum Gasteiger partial charge on any atom is 0.269 e. The Morgan fingerprint density at radius 3 is 2.80 bits per heavy atom. The minimum absolute atomic E-state index is 0.00838. The zero-order chi connectivity index (χ0) is 18.0. The van der Waals surface area contributed by atoms with Crippen molar-refractivity contribution in [2.24, 2.45) is 0 Å². The van der Waals surface area contributed by atoms with Gasteiger partial charge in [0.25, 0.3) is 5.56 Å². The van der Waals surface area contributed by atoms with E-state index in [-0.39, 0.29) is 29.7 Å². The van der Waals surface area contributed by atoms with Gasteiger partial charge in [0.15, 0.2) is 0 Å². The van der Waals surface area contributed by atoms with E-state index in [0.717, 1.165) is 4.68 Å². The number of amides is 1. The van der Waals surface area contributed by atoms with Gasteiger partial charge < -0.3 is 9.80 Å². The first kappa shape index (κ1) is 17.1. The molecule has 6 nitrogen and oxygen atoms in total. The van der Waals surface area contributed by atoms with E-state index < -0.39 is 0 Å². The van der Waals surface area contributed by atoms with Crippen molar-refractivity contribution in [3.8, 4) is 0 Å². The van der Waals surface area contributed by atoms with Crippen molar-refractivity contribution < 1.29 is 9.18 Å². The second-order valence-corrected chi connectivity index (χ2v) is 6.45. The highest BCUT2D eigenvalue weighted by Crippen LogP contribution is 2.28. The lowest BCUT2D eigenvalue weighted by molar-refractivity contribution is -0.131. The summed E-state index contributed by atoms with van der Waals surface area (Å²) in [6, 6.07) is 8.12. The van der Waals surface area contributed by atoms with E-state index in [0.29, 0.717) is 30.8 Å². The average molecular weight is 344 g/mol. The maximum atomic E-state index is 13.9. The normalized spacial score (nSPS) is 16.9. The van der Waals surface area contributed by atoms with Gasteiger partial charge in [0.1, 0.15) is 12.4 Å². The SMILES string of the molecule is CN(C)c1cnn(CC(=O)N2CCC(c3ccccc3F)C2)c(=O)c1. The Hall–Kier alpha value is -2.70. The molecule has 132 valence electrons. The van der Waals surface area contributed by atoms with Gasteiger partial charge in [-0.1, -0.05) is 18.2 Å². The molecule has 1 saturated heterocycles. The predicted octanol–water partition coefficient (Wildman–Crippen LogP) is 1.46. The molecule has 1 aliphatic heterocycles. The molecule has 1 aromatic carbocycles. The second-order valence-electron chi connectivity index (χ2n) is 6.45. The van der Waals surface area contributed by atoms with Crippen molar-refractivity contribution in [2.75, 3.05) is 32.1 Å². The van der Waals surface area contributed by atoms with Crippen LogP contribution in [0, 0.1) is 5.82 Å². The third kappa shape index (κ3) is 3.70. The van der Waals surface area contributed by atoms with Crippen LogP contribution in [-0.4, -0.2) is 47.8 Å². The second kappa shape index (κ2) is 7.04. The fourth-order valence-corrected chi connectivity index (χ4v) is 3.06. The quantitative estimate of drug-likeness (QED) is 0.843. The van der Waals surface area contributed by atoms with E-state index >= 15 is 0 Å². The Morgan fingerprint density at radius 1 is 1.36 bits per heavy atom. The molecule has 3 rings (SSSR count). The molecule has 7 heteroatoms. The lowest BCUT2D eigenvalue weighted by Crippen LogP contribution is -2.36. The molecule has 0 radical (unpaired) electrons. The van der Waals surface area contributed by atoms with Crippen LogP contribution in [0.3, 0.4) is 0 Å². The Morgan fingerprint density at radius 2 is 2.12 bits per heavy atom. The highest BCUT2D eigenvalue weighted by atomic mass is 19.1. The molecule has 1 amide bonds. The number of likely N-dealkylation sites (tertiary alicyclic amines) is 1. The fourth-order valence-electron chi connectivity index (χ4n) is 3.06. The summed E-state index contributed by atoms with van der Waals surface area (Å²) in [7, 11) is 3.64. The molecular weight excluding hydrogens is 323 g/mol. The number of carbonyl (C=O) groups is 1. The van der Waals surface area contributed by atoms with E-state index in [4.69, 9.17) is 0 Å². The van der Waals surface area contributed by atoms with E-state index in [2.05, 4.69) is 5.10 Å². The Bertz CT molecular complexity index is 834. The van der Waals surface area contributed by atoms with E-state index in [1.54, 1.807) is 34.2 Å². The van der Waals surface area contributed by atoms with Crippen molar-refractivity contribution in [2.45, 2.75) is 18.9 Å². The summed E-state index contributed by atoms with van der Waals surface area (Å²) >= 11 is 0. The molecule has 1 unspecified atom stereocenters. The van der Waals surface area contributed by atoms with E-state index in [1.807, 2.05) is 14.1 Å². The van der Waals surface area contributed by atoms with Crippen LogP contribution in [0.2, 0.25) is 0 Å². The lowest BCUT2D eigenvalue weighted by atomic mass is 9.98. The van der Waals surface area contributed by atoms with Gasteiger partial charge in [-0.3, -0.25) is 9.59 Å².